The molecule has 2 amide bonds. The van der Waals surface area contributed by atoms with E-state index >= 15 is 0 Å². The second-order valence-electron chi connectivity index (χ2n) is 4.57. The lowest BCUT2D eigenvalue weighted by Crippen LogP contribution is -2.48. The van der Waals surface area contributed by atoms with Crippen LogP contribution in [0.25, 0.3) is 0 Å². The van der Waals surface area contributed by atoms with Crippen LogP contribution in [0.5, 0.6) is 0 Å². The van der Waals surface area contributed by atoms with E-state index in [1.54, 1.807) is 18.4 Å². The normalized spacial score (nSPS) is 18.4. The predicted molar refractivity (Wildman–Crippen MR) is 76.4 cm³/mol. The Kier molecular flexibility index (Phi) is 4.39. The number of carbonyl (C=O) groups excluding carboxylic acids is 1. The van der Waals surface area contributed by atoms with Crippen molar-refractivity contribution in [3.63, 3.8) is 0 Å². The standard InChI is InChI=1S/C13H16N2O4S/c1-20(19)7-6-14-13(18)15-10-5-3-2-4-9(10)8-11(15)12(16)17/h2-5,11H,6-8H2,1H3,(H,14,18)(H,16,17)/t11-,20?/m0/s1. The molecule has 1 heterocycles. The van der Waals surface area contributed by atoms with Crippen LogP contribution in [-0.2, 0) is 22.0 Å². The fourth-order valence-electron chi connectivity index (χ4n) is 2.22. The molecule has 0 aliphatic carbocycles. The number of nitrogens with one attached hydrogen (secondary N) is 1. The average Bonchev–Trinajstić information content (AvgIpc) is 2.77. The maximum atomic E-state index is 12.2. The number of carboxylic acids is 1. The molecule has 0 spiro atoms. The summed E-state index contributed by atoms with van der Waals surface area (Å²) >= 11 is 0. The van der Waals surface area contributed by atoms with Crippen LogP contribution in [-0.4, -0.2) is 45.9 Å². The molecule has 2 rings (SSSR count). The molecule has 2 atom stereocenters. The number of carbonyl (C=O) groups is 2. The van der Waals surface area contributed by atoms with E-state index in [2.05, 4.69) is 5.32 Å². The molecule has 0 bridgehead atoms. The zero-order chi connectivity index (χ0) is 14.7. The summed E-state index contributed by atoms with van der Waals surface area (Å²) in [4.78, 5) is 24.7. The summed E-state index contributed by atoms with van der Waals surface area (Å²) in [6.45, 7) is 0.257. The van der Waals surface area contributed by atoms with E-state index in [-0.39, 0.29) is 6.54 Å². The molecule has 6 nitrogen and oxygen atoms in total. The summed E-state index contributed by atoms with van der Waals surface area (Å²) in [7, 11) is -0.996. The topological polar surface area (TPSA) is 86.7 Å². The Hall–Kier alpha value is -1.89. The van der Waals surface area contributed by atoms with Gasteiger partial charge in [-0.2, -0.15) is 0 Å². The highest BCUT2D eigenvalue weighted by molar-refractivity contribution is 7.84. The Labute approximate surface area is 119 Å². The van der Waals surface area contributed by atoms with Crippen molar-refractivity contribution in [3.8, 4) is 0 Å². The number of hydrogen-bond acceptors (Lipinski definition) is 3. The van der Waals surface area contributed by atoms with E-state index in [4.69, 9.17) is 0 Å². The first kappa shape index (κ1) is 14.5. The van der Waals surface area contributed by atoms with E-state index in [1.165, 1.54) is 4.90 Å². The summed E-state index contributed by atoms with van der Waals surface area (Å²) in [5.41, 5.74) is 1.46. The Balaban J connectivity index is 2.16. The van der Waals surface area contributed by atoms with Crippen LogP contribution in [0.3, 0.4) is 0 Å². The van der Waals surface area contributed by atoms with E-state index in [9.17, 15) is 18.9 Å². The minimum atomic E-state index is -1.03. The van der Waals surface area contributed by atoms with E-state index in [0.717, 1.165) is 5.56 Å². The Morgan fingerprint density at radius 2 is 2.15 bits per heavy atom. The molecule has 108 valence electrons. The smallest absolute Gasteiger partial charge is 0.327 e. The second-order valence-corrected chi connectivity index (χ2v) is 6.12. The Bertz CT molecular complexity index is 561. The molecule has 7 heteroatoms. The zero-order valence-corrected chi connectivity index (χ0v) is 11.9. The summed E-state index contributed by atoms with van der Waals surface area (Å²) < 4.78 is 11.0. The molecule has 0 aromatic heterocycles. The molecule has 0 saturated heterocycles. The fraction of sp³-hybridized carbons (Fsp3) is 0.385. The van der Waals surface area contributed by atoms with Gasteiger partial charge in [0, 0.05) is 41.5 Å². The third-order valence-corrected chi connectivity index (χ3v) is 3.92. The summed E-state index contributed by atoms with van der Waals surface area (Å²) in [6.07, 6.45) is 1.86. The summed E-state index contributed by atoms with van der Waals surface area (Å²) in [5, 5.41) is 11.9. The van der Waals surface area contributed by atoms with E-state index < -0.39 is 28.8 Å². The molecule has 0 saturated carbocycles. The van der Waals surface area contributed by atoms with Crippen molar-refractivity contribution in [1.29, 1.82) is 0 Å². The molecule has 0 radical (unpaired) electrons. The van der Waals surface area contributed by atoms with Gasteiger partial charge in [-0.25, -0.2) is 9.59 Å². The van der Waals surface area contributed by atoms with Crippen LogP contribution in [0.2, 0.25) is 0 Å². The number of anilines is 1. The number of benzene rings is 1. The number of urea groups is 1. The molecule has 1 aromatic rings. The van der Waals surface area contributed by atoms with Crippen molar-refractivity contribution in [2.75, 3.05) is 23.5 Å². The molecule has 2 N–H and O–H groups in total. The molecule has 1 aliphatic rings. The molecule has 1 aliphatic heterocycles. The Morgan fingerprint density at radius 1 is 1.45 bits per heavy atom. The maximum absolute atomic E-state index is 12.2. The summed E-state index contributed by atoms with van der Waals surface area (Å²) in [6, 6.07) is 5.78. The highest BCUT2D eigenvalue weighted by Crippen LogP contribution is 2.32. The van der Waals surface area contributed by atoms with Crippen LogP contribution in [0.15, 0.2) is 24.3 Å². The number of fused-ring (bicyclic) bond motifs is 1. The first-order chi connectivity index (χ1) is 9.50. The fourth-order valence-corrected chi connectivity index (χ4v) is 2.61. The van der Waals surface area contributed by atoms with Gasteiger partial charge < -0.3 is 10.4 Å². The number of carboxylic acid groups (broad SMARTS) is 1. The highest BCUT2D eigenvalue weighted by atomic mass is 32.2. The van der Waals surface area contributed by atoms with E-state index in [0.29, 0.717) is 17.9 Å². The Morgan fingerprint density at radius 3 is 2.80 bits per heavy atom. The van der Waals surface area contributed by atoms with Crippen molar-refractivity contribution < 1.29 is 18.9 Å². The van der Waals surface area contributed by atoms with Crippen LogP contribution < -0.4 is 10.2 Å². The maximum Gasteiger partial charge on any atom is 0.327 e. The molecule has 20 heavy (non-hydrogen) atoms. The number of amides is 2. The lowest BCUT2D eigenvalue weighted by Gasteiger charge is -2.22. The minimum Gasteiger partial charge on any atom is -0.480 e. The van der Waals surface area contributed by atoms with Gasteiger partial charge in [0.15, 0.2) is 0 Å². The second kappa shape index (κ2) is 6.04. The van der Waals surface area contributed by atoms with Crippen LogP contribution in [0.4, 0.5) is 10.5 Å². The van der Waals surface area contributed by atoms with E-state index in [1.807, 2.05) is 12.1 Å². The van der Waals surface area contributed by atoms with Gasteiger partial charge in [0.1, 0.15) is 6.04 Å². The quantitative estimate of drug-likeness (QED) is 0.851. The van der Waals surface area contributed by atoms with Gasteiger partial charge >= 0.3 is 12.0 Å². The van der Waals surface area contributed by atoms with Crippen LogP contribution in [0.1, 0.15) is 5.56 Å². The number of nitrogens with zero attached hydrogens (tertiary/aromatic N) is 1. The largest absolute Gasteiger partial charge is 0.480 e. The predicted octanol–water partition coefficient (Wildman–Crippen LogP) is 0.590. The first-order valence-corrected chi connectivity index (χ1v) is 7.91. The molecule has 1 unspecified atom stereocenters. The van der Waals surface area contributed by atoms with Crippen molar-refractivity contribution in [2.45, 2.75) is 12.5 Å². The monoisotopic (exact) mass is 296 g/mol. The minimum absolute atomic E-state index is 0.257. The SMILES string of the molecule is CS(=O)CCNC(=O)N1c2ccccc2C[C@H]1C(=O)O. The molecular weight excluding hydrogens is 280 g/mol. The van der Waals surface area contributed by atoms with Gasteiger partial charge in [-0.15, -0.1) is 0 Å². The first-order valence-electron chi connectivity index (χ1n) is 6.18. The van der Waals surface area contributed by atoms with Gasteiger partial charge in [0.25, 0.3) is 0 Å². The summed E-state index contributed by atoms with van der Waals surface area (Å²) in [5.74, 6) is -0.686. The average molecular weight is 296 g/mol. The van der Waals surface area contributed by atoms with Crippen LogP contribution in [0, 0.1) is 0 Å². The van der Waals surface area contributed by atoms with Gasteiger partial charge in [0.2, 0.25) is 0 Å². The van der Waals surface area contributed by atoms with Crippen molar-refractivity contribution >= 4 is 28.5 Å². The zero-order valence-electron chi connectivity index (χ0n) is 11.0. The van der Waals surface area contributed by atoms with Crippen molar-refractivity contribution in [2.24, 2.45) is 0 Å². The van der Waals surface area contributed by atoms with Gasteiger partial charge in [-0.05, 0) is 11.6 Å². The lowest BCUT2D eigenvalue weighted by molar-refractivity contribution is -0.138. The van der Waals surface area contributed by atoms with Crippen molar-refractivity contribution in [3.05, 3.63) is 29.8 Å². The molecule has 0 fully saturated rings. The molecular formula is C13H16N2O4S. The highest BCUT2D eigenvalue weighted by Gasteiger charge is 2.38. The third-order valence-electron chi connectivity index (χ3n) is 3.15. The third kappa shape index (κ3) is 2.98. The van der Waals surface area contributed by atoms with Gasteiger partial charge in [-0.1, -0.05) is 18.2 Å². The van der Waals surface area contributed by atoms with Crippen LogP contribution >= 0.6 is 0 Å². The number of para-hydroxylation sites is 1. The van der Waals surface area contributed by atoms with Crippen molar-refractivity contribution in [1.82, 2.24) is 5.32 Å². The van der Waals surface area contributed by atoms with Gasteiger partial charge in [0.05, 0.1) is 0 Å². The number of rotatable bonds is 4. The van der Waals surface area contributed by atoms with Gasteiger partial charge in [-0.3, -0.25) is 9.11 Å². The lowest BCUT2D eigenvalue weighted by atomic mass is 10.1. The number of hydrogen-bond donors (Lipinski definition) is 2. The molecule has 1 aromatic carbocycles. The number of aliphatic carboxylic acids is 1.